The summed E-state index contributed by atoms with van der Waals surface area (Å²) in [5.74, 6) is 0.316. The summed E-state index contributed by atoms with van der Waals surface area (Å²) in [5.41, 5.74) is -0.560. The molecule has 1 saturated heterocycles. The van der Waals surface area contributed by atoms with Crippen LogP contribution in [0.2, 0.25) is 0 Å². The van der Waals surface area contributed by atoms with Gasteiger partial charge in [-0.15, -0.1) is 0 Å². The maximum Gasteiger partial charge on any atom is 0.325 e. The molecule has 1 aliphatic carbocycles. The van der Waals surface area contributed by atoms with Gasteiger partial charge in [0.15, 0.2) is 0 Å². The smallest absolute Gasteiger partial charge is 0.325 e. The summed E-state index contributed by atoms with van der Waals surface area (Å²) in [6.07, 6.45) is 2.63. The molecule has 1 heterocycles. The van der Waals surface area contributed by atoms with E-state index in [2.05, 4.69) is 19.2 Å². The third-order valence-electron chi connectivity index (χ3n) is 4.54. The van der Waals surface area contributed by atoms with E-state index in [1.54, 1.807) is 0 Å². The predicted molar refractivity (Wildman–Crippen MR) is 69.3 cm³/mol. The Morgan fingerprint density at radius 3 is 2.72 bits per heavy atom. The molecule has 3 atom stereocenters. The number of rotatable bonds is 3. The number of esters is 1. The Bertz CT molecular complexity index is 338. The molecule has 104 valence electrons. The first-order valence-electron chi connectivity index (χ1n) is 6.78. The number of hydrogen-bond acceptors (Lipinski definition) is 4. The van der Waals surface area contributed by atoms with Gasteiger partial charge in [0.25, 0.3) is 0 Å². The van der Waals surface area contributed by atoms with Gasteiger partial charge in [-0.3, -0.25) is 10.1 Å². The maximum atomic E-state index is 11.8. The van der Waals surface area contributed by atoms with Crippen LogP contribution in [-0.2, 0) is 14.3 Å². The first-order valence-corrected chi connectivity index (χ1v) is 6.78. The molecule has 0 bridgehead atoms. The molecule has 2 rings (SSSR count). The van der Waals surface area contributed by atoms with Gasteiger partial charge in [0.1, 0.15) is 5.54 Å². The topological polar surface area (TPSA) is 47.6 Å². The van der Waals surface area contributed by atoms with E-state index in [1.165, 1.54) is 13.5 Å². The molecule has 4 nitrogen and oxygen atoms in total. The highest BCUT2D eigenvalue weighted by atomic mass is 16.5. The summed E-state index contributed by atoms with van der Waals surface area (Å²) < 4.78 is 10.7. The Labute approximate surface area is 109 Å². The molecule has 3 unspecified atom stereocenters. The Morgan fingerprint density at radius 2 is 2.11 bits per heavy atom. The number of hydrogen-bond donors (Lipinski definition) is 1. The molecule has 0 aromatic rings. The summed E-state index contributed by atoms with van der Waals surface area (Å²) >= 11 is 0. The minimum absolute atomic E-state index is 0.0797. The fourth-order valence-corrected chi connectivity index (χ4v) is 3.52. The lowest BCUT2D eigenvalue weighted by atomic mass is 9.55. The number of methoxy groups -OCH3 is 1. The van der Waals surface area contributed by atoms with Crippen molar-refractivity contribution in [3.63, 3.8) is 0 Å². The highest BCUT2D eigenvalue weighted by Gasteiger charge is 2.59. The van der Waals surface area contributed by atoms with Gasteiger partial charge in [0.2, 0.25) is 0 Å². The largest absolute Gasteiger partial charge is 0.468 e. The van der Waals surface area contributed by atoms with Crippen molar-refractivity contribution >= 4 is 5.97 Å². The summed E-state index contributed by atoms with van der Waals surface area (Å²) in [7, 11) is 1.43. The summed E-state index contributed by atoms with van der Waals surface area (Å²) in [6, 6.07) is 0.317. The van der Waals surface area contributed by atoms with Crippen molar-refractivity contribution in [3.05, 3.63) is 0 Å². The van der Waals surface area contributed by atoms with Gasteiger partial charge in [-0.25, -0.2) is 0 Å². The average molecular weight is 255 g/mol. The SMILES string of the molecule is COC(=O)C(C)(C)NC1C2CCCOC2C1(C)C. The van der Waals surface area contributed by atoms with Gasteiger partial charge < -0.3 is 9.47 Å². The molecule has 2 aliphatic rings. The summed E-state index contributed by atoms with van der Waals surface area (Å²) in [5, 5.41) is 3.48. The number of ether oxygens (including phenoxy) is 2. The molecule has 1 N–H and O–H groups in total. The highest BCUT2D eigenvalue weighted by Crippen LogP contribution is 2.51. The molecule has 0 amide bonds. The minimum atomic E-state index is -0.640. The van der Waals surface area contributed by atoms with Crippen LogP contribution in [0, 0.1) is 11.3 Å². The van der Waals surface area contributed by atoms with Crippen LogP contribution in [0.5, 0.6) is 0 Å². The molecule has 1 saturated carbocycles. The monoisotopic (exact) mass is 255 g/mol. The molecule has 0 aromatic carbocycles. The molecule has 0 aromatic heterocycles. The third-order valence-corrected chi connectivity index (χ3v) is 4.54. The van der Waals surface area contributed by atoms with Crippen molar-refractivity contribution in [2.24, 2.45) is 11.3 Å². The third kappa shape index (κ3) is 2.05. The number of carbonyl (C=O) groups is 1. The van der Waals surface area contributed by atoms with Gasteiger partial charge in [-0.2, -0.15) is 0 Å². The van der Waals surface area contributed by atoms with E-state index in [4.69, 9.17) is 9.47 Å². The van der Waals surface area contributed by atoms with E-state index >= 15 is 0 Å². The second-order valence-electron chi connectivity index (χ2n) is 6.66. The van der Waals surface area contributed by atoms with Gasteiger partial charge in [-0.05, 0) is 26.7 Å². The fourth-order valence-electron chi connectivity index (χ4n) is 3.52. The number of nitrogens with one attached hydrogen (secondary N) is 1. The molecular weight excluding hydrogens is 230 g/mol. The van der Waals surface area contributed by atoms with Crippen LogP contribution >= 0.6 is 0 Å². The van der Waals surface area contributed by atoms with Gasteiger partial charge in [0.05, 0.1) is 13.2 Å². The lowest BCUT2D eigenvalue weighted by molar-refractivity contribution is -0.199. The molecule has 1 aliphatic heterocycles. The van der Waals surface area contributed by atoms with E-state index in [1.807, 2.05) is 13.8 Å². The van der Waals surface area contributed by atoms with Crippen LogP contribution in [0.4, 0.5) is 0 Å². The van der Waals surface area contributed by atoms with Crippen molar-refractivity contribution < 1.29 is 14.3 Å². The molecular formula is C14H25NO3. The molecule has 0 spiro atoms. The maximum absolute atomic E-state index is 11.8. The zero-order valence-corrected chi connectivity index (χ0v) is 12.1. The molecule has 2 fully saturated rings. The number of fused-ring (bicyclic) bond motifs is 1. The van der Waals surface area contributed by atoms with E-state index < -0.39 is 5.54 Å². The Hall–Kier alpha value is -0.610. The second kappa shape index (κ2) is 4.49. The van der Waals surface area contributed by atoms with Crippen LogP contribution in [0.1, 0.15) is 40.5 Å². The van der Waals surface area contributed by atoms with Gasteiger partial charge in [-0.1, -0.05) is 13.8 Å². The van der Waals surface area contributed by atoms with Crippen LogP contribution in [0.15, 0.2) is 0 Å². The quantitative estimate of drug-likeness (QED) is 0.780. The molecule has 18 heavy (non-hydrogen) atoms. The van der Waals surface area contributed by atoms with Crippen LogP contribution in [-0.4, -0.2) is 37.4 Å². The Balaban J connectivity index is 2.07. The average Bonchev–Trinajstić information content (AvgIpc) is 2.35. The van der Waals surface area contributed by atoms with Gasteiger partial charge >= 0.3 is 5.97 Å². The standard InChI is InChI=1S/C14H25NO3/c1-13(2)10(9-7-6-8-18-11(9)13)15-14(3,4)12(16)17-5/h9-11,15H,6-8H2,1-5H3. The van der Waals surface area contributed by atoms with Gasteiger partial charge in [0, 0.05) is 24.0 Å². The lowest BCUT2D eigenvalue weighted by Gasteiger charge is -2.61. The fraction of sp³-hybridized carbons (Fsp3) is 0.929. The van der Waals surface area contributed by atoms with E-state index in [0.717, 1.165) is 13.0 Å². The van der Waals surface area contributed by atoms with E-state index in [0.29, 0.717) is 18.1 Å². The van der Waals surface area contributed by atoms with Crippen molar-refractivity contribution in [2.45, 2.75) is 58.2 Å². The normalized spacial score (nSPS) is 34.4. The first-order chi connectivity index (χ1) is 8.30. The van der Waals surface area contributed by atoms with Crippen molar-refractivity contribution in [1.29, 1.82) is 0 Å². The predicted octanol–water partition coefficient (Wildman–Crippen LogP) is 1.73. The zero-order valence-electron chi connectivity index (χ0n) is 12.1. The number of carbonyl (C=O) groups excluding carboxylic acids is 1. The van der Waals surface area contributed by atoms with Crippen LogP contribution in [0.25, 0.3) is 0 Å². The minimum Gasteiger partial charge on any atom is -0.468 e. The lowest BCUT2D eigenvalue weighted by Crippen LogP contribution is -2.73. The first kappa shape index (κ1) is 13.8. The van der Waals surface area contributed by atoms with Crippen molar-refractivity contribution in [3.8, 4) is 0 Å². The van der Waals surface area contributed by atoms with Crippen LogP contribution < -0.4 is 5.32 Å². The highest BCUT2D eigenvalue weighted by molar-refractivity contribution is 5.79. The van der Waals surface area contributed by atoms with E-state index in [9.17, 15) is 4.79 Å². The summed E-state index contributed by atoms with van der Waals surface area (Å²) in [4.78, 5) is 11.8. The van der Waals surface area contributed by atoms with E-state index in [-0.39, 0.29) is 11.4 Å². The van der Waals surface area contributed by atoms with Crippen LogP contribution in [0.3, 0.4) is 0 Å². The summed E-state index contributed by atoms with van der Waals surface area (Å²) in [6.45, 7) is 9.06. The Kier molecular flexibility index (Phi) is 3.45. The van der Waals surface area contributed by atoms with Crippen molar-refractivity contribution in [2.75, 3.05) is 13.7 Å². The molecule has 4 heteroatoms. The van der Waals surface area contributed by atoms with Crippen molar-refractivity contribution in [1.82, 2.24) is 5.32 Å². The Morgan fingerprint density at radius 1 is 1.44 bits per heavy atom. The molecule has 0 radical (unpaired) electrons. The second-order valence-corrected chi connectivity index (χ2v) is 6.66. The zero-order chi connectivity index (χ0) is 13.6.